The summed E-state index contributed by atoms with van der Waals surface area (Å²) in [5.41, 5.74) is 0.474. The Morgan fingerprint density at radius 3 is 1.83 bits per heavy atom. The number of hydrogen-bond donors (Lipinski definition) is 3. The molecule has 11 atom stereocenters. The molecule has 0 spiro atoms. The normalized spacial score (nSPS) is 27.7. The second-order valence-corrected chi connectivity index (χ2v) is 14.8. The summed E-state index contributed by atoms with van der Waals surface area (Å²) >= 11 is 0. The molecule has 18 heteroatoms. The molecule has 0 radical (unpaired) electrons. The quantitative estimate of drug-likeness (QED) is 0.0582. The number of carbonyl (C=O) groups excluding carboxylic acids is 3. The minimum atomic E-state index is -2.35. The zero-order valence-electron chi connectivity index (χ0n) is 33.5. The van der Waals surface area contributed by atoms with Crippen molar-refractivity contribution in [2.75, 3.05) is 13.2 Å². The fraction of sp³-hybridized carbons (Fsp3) is 0.283. The predicted molar refractivity (Wildman–Crippen MR) is 217 cm³/mol. The van der Waals surface area contributed by atoms with E-state index in [9.17, 15) is 39.8 Å². The van der Waals surface area contributed by atoms with E-state index in [1.54, 1.807) is 84.9 Å². The maximum atomic E-state index is 13.8. The smallest absolute Gasteiger partial charge is 0.338 e. The molecule has 3 saturated heterocycles. The highest BCUT2D eigenvalue weighted by Crippen LogP contribution is 2.48. The van der Waals surface area contributed by atoms with Gasteiger partial charge in [0.2, 0.25) is 6.29 Å². The van der Waals surface area contributed by atoms with Crippen LogP contribution in [0.5, 0.6) is 5.75 Å². The first kappa shape index (κ1) is 44.0. The molecule has 5 aromatic rings. The van der Waals surface area contributed by atoms with E-state index in [1.807, 2.05) is 0 Å². The number of nitro benzene ring substituents is 1. The lowest BCUT2D eigenvalue weighted by Gasteiger charge is -2.44. The summed E-state index contributed by atoms with van der Waals surface area (Å²) in [5.74, 6) is -4.70. The third-order valence-electron chi connectivity index (χ3n) is 10.6. The van der Waals surface area contributed by atoms with Gasteiger partial charge in [-0.2, -0.15) is 0 Å². The first-order valence-corrected chi connectivity index (χ1v) is 20.1. The van der Waals surface area contributed by atoms with E-state index in [2.05, 4.69) is 0 Å². The number of rotatable bonds is 15. The van der Waals surface area contributed by atoms with Crippen LogP contribution in [-0.4, -0.2) is 113 Å². The van der Waals surface area contributed by atoms with Crippen LogP contribution in [0, 0.1) is 10.1 Å². The highest BCUT2D eigenvalue weighted by atomic mass is 17.0. The summed E-state index contributed by atoms with van der Waals surface area (Å²) in [6.45, 7) is -1.34. The molecular weight excluding hydrogens is 838 g/mol. The van der Waals surface area contributed by atoms with Crippen molar-refractivity contribution >= 4 is 23.6 Å². The summed E-state index contributed by atoms with van der Waals surface area (Å²) < 4.78 is 55.2. The predicted octanol–water partition coefficient (Wildman–Crippen LogP) is 4.06. The van der Waals surface area contributed by atoms with Crippen molar-refractivity contribution in [3.63, 3.8) is 0 Å². The third-order valence-corrected chi connectivity index (χ3v) is 10.6. The van der Waals surface area contributed by atoms with E-state index in [0.29, 0.717) is 0 Å². The molecule has 3 aliphatic heterocycles. The highest BCUT2D eigenvalue weighted by Gasteiger charge is 2.65. The molecule has 3 heterocycles. The second kappa shape index (κ2) is 19.4. The van der Waals surface area contributed by atoms with Crippen LogP contribution < -0.4 is 4.74 Å². The van der Waals surface area contributed by atoms with E-state index in [4.69, 9.17) is 42.6 Å². The van der Waals surface area contributed by atoms with E-state index >= 15 is 0 Å². The molecule has 64 heavy (non-hydrogen) atoms. The molecule has 0 aliphatic carbocycles. The monoisotopic (exact) mass is 879 g/mol. The van der Waals surface area contributed by atoms with Crippen LogP contribution in [0.15, 0.2) is 146 Å². The Labute approximate surface area is 364 Å². The van der Waals surface area contributed by atoms with Gasteiger partial charge in [-0.3, -0.25) is 14.9 Å². The molecular formula is C46H41NO17. The topological polar surface area (TPSA) is 238 Å². The van der Waals surface area contributed by atoms with Gasteiger partial charge in [0, 0.05) is 17.7 Å². The SMILES string of the molecule is O=C(OC[C@@H](OC(=O)c1ccccc1)[C@@H]1O[C@@H]2OC(O[C@@H]3[C@H](O)[C@@H](Oc4ccc([N+](=O)[O-])cc4)O[C@H](CO)[C@H]3O)(c3ccccc3)O[C@@H]2[C@H]1OC(=O)c1ccccc1)c1ccccc1. The Morgan fingerprint density at radius 2 is 1.25 bits per heavy atom. The lowest BCUT2D eigenvalue weighted by molar-refractivity contribution is -0.419. The van der Waals surface area contributed by atoms with Crippen LogP contribution >= 0.6 is 0 Å². The zero-order valence-corrected chi connectivity index (χ0v) is 33.5. The number of fused-ring (bicyclic) bond motifs is 1. The van der Waals surface area contributed by atoms with Crippen LogP contribution in [0.4, 0.5) is 5.69 Å². The van der Waals surface area contributed by atoms with Gasteiger partial charge in [0.1, 0.15) is 42.9 Å². The number of carbonyl (C=O) groups is 3. The highest BCUT2D eigenvalue weighted by molar-refractivity contribution is 5.90. The van der Waals surface area contributed by atoms with Crippen molar-refractivity contribution in [1.82, 2.24) is 0 Å². The van der Waals surface area contributed by atoms with Crippen LogP contribution in [0.3, 0.4) is 0 Å². The van der Waals surface area contributed by atoms with E-state index in [1.165, 1.54) is 60.7 Å². The van der Waals surface area contributed by atoms with E-state index < -0.39 is 103 Å². The van der Waals surface area contributed by atoms with Crippen molar-refractivity contribution < 1.29 is 77.3 Å². The number of esters is 3. The fourth-order valence-electron chi connectivity index (χ4n) is 7.37. The van der Waals surface area contributed by atoms with Crippen LogP contribution in [0.2, 0.25) is 0 Å². The first-order chi connectivity index (χ1) is 31.0. The number of nitro groups is 1. The van der Waals surface area contributed by atoms with E-state index in [-0.39, 0.29) is 33.7 Å². The molecule has 332 valence electrons. The van der Waals surface area contributed by atoms with Gasteiger partial charge in [-0.15, -0.1) is 0 Å². The van der Waals surface area contributed by atoms with Gasteiger partial charge in [-0.25, -0.2) is 14.4 Å². The molecule has 0 saturated carbocycles. The molecule has 18 nitrogen and oxygen atoms in total. The lowest BCUT2D eigenvalue weighted by atomic mass is 9.98. The number of non-ortho nitro benzene ring substituents is 1. The number of nitrogens with zero attached hydrogens (tertiary/aromatic N) is 1. The average molecular weight is 880 g/mol. The van der Waals surface area contributed by atoms with Gasteiger partial charge >= 0.3 is 23.9 Å². The summed E-state index contributed by atoms with van der Waals surface area (Å²) in [7, 11) is 0. The number of aliphatic hydroxyl groups is 3. The molecule has 0 amide bonds. The van der Waals surface area contributed by atoms with Crippen LogP contribution in [-0.2, 0) is 43.9 Å². The largest absolute Gasteiger partial charge is 0.462 e. The van der Waals surface area contributed by atoms with Crippen molar-refractivity contribution in [1.29, 1.82) is 0 Å². The van der Waals surface area contributed by atoms with Crippen molar-refractivity contribution in [3.8, 4) is 5.75 Å². The number of hydrogen-bond acceptors (Lipinski definition) is 17. The van der Waals surface area contributed by atoms with Gasteiger partial charge in [0.05, 0.1) is 28.2 Å². The van der Waals surface area contributed by atoms with Crippen LogP contribution in [0.1, 0.15) is 36.6 Å². The molecule has 3 fully saturated rings. The molecule has 3 N–H and O–H groups in total. The van der Waals surface area contributed by atoms with Gasteiger partial charge in [-0.1, -0.05) is 84.9 Å². The average Bonchev–Trinajstić information content (AvgIpc) is 3.86. The van der Waals surface area contributed by atoms with Gasteiger partial charge < -0.3 is 53.2 Å². The van der Waals surface area contributed by atoms with Crippen molar-refractivity contribution in [2.24, 2.45) is 0 Å². The molecule has 3 aliphatic rings. The van der Waals surface area contributed by atoms with Gasteiger partial charge in [0.15, 0.2) is 24.6 Å². The standard InChI is InChI=1S/C46H41NO17/c48-25-33-35(49)38(36(50)44(59-33)57-32-23-21-31(22-24-32)47(54)55)62-46(30-19-11-4-12-20-30)63-40-39(60-43(53)29-17-9-3-10-18-29)37(61-45(40)64-46)34(58-42(52)28-15-7-2-8-16-28)26-56-41(51)27-13-5-1-6-14-27/h1-24,33-40,44-45,48-50H,25-26H2/t33-,34-,35-,36+,37+,38+,39+,40-,44+,45-,46?/m1/s1. The van der Waals surface area contributed by atoms with Crippen molar-refractivity contribution in [3.05, 3.63) is 178 Å². The number of benzene rings is 5. The zero-order chi connectivity index (χ0) is 44.8. The maximum absolute atomic E-state index is 13.8. The summed E-state index contributed by atoms with van der Waals surface area (Å²) in [6, 6.07) is 37.1. The van der Waals surface area contributed by atoms with E-state index in [0.717, 1.165) is 0 Å². The summed E-state index contributed by atoms with van der Waals surface area (Å²) in [6.07, 6.45) is -15.5. The fourth-order valence-corrected chi connectivity index (χ4v) is 7.37. The Hall–Kier alpha value is -6.61. The lowest BCUT2D eigenvalue weighted by Crippen LogP contribution is -2.62. The van der Waals surface area contributed by atoms with Gasteiger partial charge in [-0.05, 0) is 48.5 Å². The molecule has 5 aromatic carbocycles. The maximum Gasteiger partial charge on any atom is 0.338 e. The molecule has 0 aromatic heterocycles. The molecule has 8 rings (SSSR count). The number of ether oxygens (including phenoxy) is 9. The Kier molecular flexibility index (Phi) is 13.4. The third kappa shape index (κ3) is 9.49. The van der Waals surface area contributed by atoms with Crippen molar-refractivity contribution in [2.45, 2.75) is 67.4 Å². The Morgan fingerprint density at radius 1 is 0.688 bits per heavy atom. The number of aliphatic hydroxyl groups excluding tert-OH is 3. The first-order valence-electron chi connectivity index (χ1n) is 20.1. The van der Waals surface area contributed by atoms with Crippen LogP contribution in [0.25, 0.3) is 0 Å². The molecule has 0 bridgehead atoms. The minimum Gasteiger partial charge on any atom is -0.462 e. The molecule has 1 unspecified atom stereocenters. The minimum absolute atomic E-state index is 0.0432. The summed E-state index contributed by atoms with van der Waals surface area (Å²) in [5, 5.41) is 44.6. The van der Waals surface area contributed by atoms with Gasteiger partial charge in [0.25, 0.3) is 5.69 Å². The second-order valence-electron chi connectivity index (χ2n) is 14.8. The Bertz CT molecular complexity index is 2380. The summed E-state index contributed by atoms with van der Waals surface area (Å²) in [4.78, 5) is 51.3. The Balaban J connectivity index is 1.12.